The number of aliphatic hydroxyl groups is 1. The van der Waals surface area contributed by atoms with E-state index in [-0.39, 0.29) is 6.61 Å². The number of β-amino-alcohol motifs (C(OH)–C–C–N with tert-alkyl or cyclic N) is 1. The van der Waals surface area contributed by atoms with E-state index in [4.69, 9.17) is 9.47 Å². The molecule has 0 aromatic heterocycles. The molecule has 0 aliphatic carbocycles. The second-order valence-electron chi connectivity index (χ2n) is 7.81. The summed E-state index contributed by atoms with van der Waals surface area (Å²) >= 11 is 0. The zero-order chi connectivity index (χ0) is 20.5. The van der Waals surface area contributed by atoms with E-state index in [9.17, 15) is 5.11 Å². The first-order valence-electron chi connectivity index (χ1n) is 10.6. The Bertz CT molecular complexity index is 760. The average molecular weight is 399 g/mol. The first-order valence-corrected chi connectivity index (χ1v) is 10.6. The highest BCUT2D eigenvalue weighted by atomic mass is 16.5. The number of nitrogens with one attached hydrogen (secondary N) is 1. The van der Waals surface area contributed by atoms with Crippen molar-refractivity contribution in [2.24, 2.45) is 0 Å². The number of rotatable bonds is 11. The Morgan fingerprint density at radius 2 is 1.90 bits per heavy atom. The van der Waals surface area contributed by atoms with Crippen LogP contribution in [0.5, 0.6) is 11.5 Å². The lowest BCUT2D eigenvalue weighted by Gasteiger charge is -2.20. The van der Waals surface area contributed by atoms with Crippen LogP contribution in [0.15, 0.2) is 42.5 Å². The molecule has 1 aliphatic heterocycles. The predicted molar refractivity (Wildman–Crippen MR) is 117 cm³/mol. The van der Waals surface area contributed by atoms with E-state index < -0.39 is 6.10 Å². The van der Waals surface area contributed by atoms with Gasteiger partial charge in [-0.1, -0.05) is 30.3 Å². The highest BCUT2D eigenvalue weighted by Crippen LogP contribution is 2.28. The summed E-state index contributed by atoms with van der Waals surface area (Å²) in [5, 5.41) is 13.7. The van der Waals surface area contributed by atoms with Gasteiger partial charge in [0, 0.05) is 13.1 Å². The molecule has 1 saturated heterocycles. The monoisotopic (exact) mass is 398 g/mol. The second-order valence-corrected chi connectivity index (χ2v) is 7.81. The van der Waals surface area contributed by atoms with Crippen molar-refractivity contribution < 1.29 is 14.6 Å². The van der Waals surface area contributed by atoms with E-state index in [1.807, 2.05) is 18.2 Å². The van der Waals surface area contributed by atoms with E-state index in [1.165, 1.54) is 24.0 Å². The fourth-order valence-corrected chi connectivity index (χ4v) is 3.79. The maximum absolute atomic E-state index is 10.2. The van der Waals surface area contributed by atoms with Crippen LogP contribution in [0.4, 0.5) is 0 Å². The fourth-order valence-electron chi connectivity index (χ4n) is 3.79. The van der Waals surface area contributed by atoms with Gasteiger partial charge in [-0.05, 0) is 74.6 Å². The quantitative estimate of drug-likeness (QED) is 0.570. The van der Waals surface area contributed by atoms with Crippen LogP contribution in [0, 0.1) is 6.92 Å². The van der Waals surface area contributed by atoms with Crippen molar-refractivity contribution in [1.82, 2.24) is 10.2 Å². The summed E-state index contributed by atoms with van der Waals surface area (Å²) in [5.41, 5.74) is 3.87. The molecule has 0 saturated carbocycles. The van der Waals surface area contributed by atoms with Gasteiger partial charge in [0.25, 0.3) is 0 Å². The molecule has 0 radical (unpaired) electrons. The number of aliphatic hydroxyl groups excluding tert-OH is 1. The van der Waals surface area contributed by atoms with E-state index in [0.717, 1.165) is 38.2 Å². The van der Waals surface area contributed by atoms with Crippen molar-refractivity contribution >= 4 is 0 Å². The van der Waals surface area contributed by atoms with Gasteiger partial charge in [-0.15, -0.1) is 0 Å². The number of methoxy groups -OCH3 is 1. The van der Waals surface area contributed by atoms with Crippen molar-refractivity contribution in [3.05, 3.63) is 59.2 Å². The molecule has 3 rings (SSSR count). The SMILES string of the molecule is COc1cc(CNCCc2ccccc2C)ccc1OC[C@@H](O)CN1CCCC1. The van der Waals surface area contributed by atoms with Crippen molar-refractivity contribution in [2.45, 2.75) is 38.8 Å². The third-order valence-corrected chi connectivity index (χ3v) is 5.49. The highest BCUT2D eigenvalue weighted by Gasteiger charge is 2.17. The molecular weight excluding hydrogens is 364 g/mol. The van der Waals surface area contributed by atoms with Crippen molar-refractivity contribution in [1.29, 1.82) is 0 Å². The van der Waals surface area contributed by atoms with Crippen LogP contribution < -0.4 is 14.8 Å². The molecule has 0 amide bonds. The largest absolute Gasteiger partial charge is 0.493 e. The summed E-state index contributed by atoms with van der Waals surface area (Å²) in [5.74, 6) is 1.38. The zero-order valence-electron chi connectivity index (χ0n) is 17.7. The molecule has 0 spiro atoms. The van der Waals surface area contributed by atoms with Gasteiger partial charge in [0.05, 0.1) is 7.11 Å². The maximum atomic E-state index is 10.2. The molecule has 1 atom stereocenters. The second kappa shape index (κ2) is 11.2. The first kappa shape index (κ1) is 21.6. The molecule has 2 aromatic rings. The molecule has 1 fully saturated rings. The Hall–Kier alpha value is -2.08. The fraction of sp³-hybridized carbons (Fsp3) is 0.500. The number of benzene rings is 2. The van der Waals surface area contributed by atoms with Gasteiger partial charge in [-0.25, -0.2) is 0 Å². The number of aryl methyl sites for hydroxylation is 1. The van der Waals surface area contributed by atoms with Gasteiger partial charge < -0.3 is 24.8 Å². The summed E-state index contributed by atoms with van der Waals surface area (Å²) in [6, 6.07) is 14.5. The minimum atomic E-state index is -0.486. The number of ether oxygens (including phenoxy) is 2. The van der Waals surface area contributed by atoms with Crippen molar-refractivity contribution in [3.8, 4) is 11.5 Å². The van der Waals surface area contributed by atoms with Gasteiger partial charge in [-0.2, -0.15) is 0 Å². The van der Waals surface area contributed by atoms with E-state index in [0.29, 0.717) is 18.0 Å². The molecular formula is C24H34N2O3. The molecule has 29 heavy (non-hydrogen) atoms. The predicted octanol–water partition coefficient (Wildman–Crippen LogP) is 3.17. The lowest BCUT2D eigenvalue weighted by Crippen LogP contribution is -2.33. The van der Waals surface area contributed by atoms with Crippen LogP contribution >= 0.6 is 0 Å². The molecule has 5 heteroatoms. The van der Waals surface area contributed by atoms with Crippen LogP contribution in [0.2, 0.25) is 0 Å². The standard InChI is InChI=1S/C24H34N2O3/c1-19-7-3-4-8-21(19)11-12-25-16-20-9-10-23(24(15-20)28-2)29-18-22(27)17-26-13-5-6-14-26/h3-4,7-10,15,22,25,27H,5-6,11-14,16-18H2,1-2H3/t22-/m0/s1. The summed E-state index contributed by atoms with van der Waals surface area (Å²) in [7, 11) is 1.65. The number of hydrogen-bond acceptors (Lipinski definition) is 5. The average Bonchev–Trinajstić information content (AvgIpc) is 3.24. The highest BCUT2D eigenvalue weighted by molar-refractivity contribution is 5.43. The Morgan fingerprint density at radius 1 is 1.10 bits per heavy atom. The van der Waals surface area contributed by atoms with Crippen LogP contribution in [0.3, 0.4) is 0 Å². The number of nitrogens with zero attached hydrogens (tertiary/aromatic N) is 1. The van der Waals surface area contributed by atoms with Crippen LogP contribution in [0.1, 0.15) is 29.5 Å². The first-order chi connectivity index (χ1) is 14.2. The van der Waals surface area contributed by atoms with Crippen molar-refractivity contribution in [3.63, 3.8) is 0 Å². The summed E-state index contributed by atoms with van der Waals surface area (Å²) in [4.78, 5) is 2.29. The van der Waals surface area contributed by atoms with Gasteiger partial charge >= 0.3 is 0 Å². The van der Waals surface area contributed by atoms with E-state index in [2.05, 4.69) is 41.4 Å². The van der Waals surface area contributed by atoms with Gasteiger partial charge in [0.2, 0.25) is 0 Å². The van der Waals surface area contributed by atoms with E-state index in [1.54, 1.807) is 7.11 Å². The maximum Gasteiger partial charge on any atom is 0.161 e. The van der Waals surface area contributed by atoms with Crippen LogP contribution in [0.25, 0.3) is 0 Å². The third-order valence-electron chi connectivity index (χ3n) is 5.49. The molecule has 158 valence electrons. The molecule has 2 aromatic carbocycles. The number of hydrogen-bond donors (Lipinski definition) is 2. The lowest BCUT2D eigenvalue weighted by molar-refractivity contribution is 0.0747. The Kier molecular flexibility index (Phi) is 8.35. The Labute approximate surface area is 174 Å². The minimum absolute atomic E-state index is 0.279. The minimum Gasteiger partial charge on any atom is -0.493 e. The summed E-state index contributed by atoms with van der Waals surface area (Å²) < 4.78 is 11.3. The smallest absolute Gasteiger partial charge is 0.161 e. The van der Waals surface area contributed by atoms with Gasteiger partial charge in [-0.3, -0.25) is 0 Å². The molecule has 0 bridgehead atoms. The Morgan fingerprint density at radius 3 is 2.66 bits per heavy atom. The third kappa shape index (κ3) is 6.74. The van der Waals surface area contributed by atoms with Crippen LogP contribution in [-0.2, 0) is 13.0 Å². The normalized spacial score (nSPS) is 15.4. The lowest BCUT2D eigenvalue weighted by atomic mass is 10.1. The summed E-state index contributed by atoms with van der Waals surface area (Å²) in [6.07, 6.45) is 2.98. The van der Waals surface area contributed by atoms with Crippen molar-refractivity contribution in [2.75, 3.05) is 39.9 Å². The molecule has 1 heterocycles. The van der Waals surface area contributed by atoms with Gasteiger partial charge in [0.1, 0.15) is 12.7 Å². The zero-order valence-corrected chi connectivity index (χ0v) is 17.7. The van der Waals surface area contributed by atoms with Crippen LogP contribution in [-0.4, -0.2) is 56.0 Å². The molecule has 5 nitrogen and oxygen atoms in total. The Balaban J connectivity index is 1.44. The summed E-state index contributed by atoms with van der Waals surface area (Å²) in [6.45, 7) is 6.96. The van der Waals surface area contributed by atoms with Gasteiger partial charge in [0.15, 0.2) is 11.5 Å². The molecule has 2 N–H and O–H groups in total. The van der Waals surface area contributed by atoms with E-state index >= 15 is 0 Å². The number of likely N-dealkylation sites (tertiary alicyclic amines) is 1. The molecule has 0 unspecified atom stereocenters. The topological polar surface area (TPSA) is 54.0 Å². The molecule has 1 aliphatic rings.